The van der Waals surface area contributed by atoms with Crippen molar-refractivity contribution in [1.82, 2.24) is 25.4 Å². The van der Waals surface area contributed by atoms with Crippen molar-refractivity contribution < 1.29 is 42.6 Å². The first-order valence-electron chi connectivity index (χ1n) is 24.9. The number of aliphatic imine (C=N–C) groups is 1. The Morgan fingerprint density at radius 3 is 2.38 bits per heavy atom. The molecule has 10 atom stereocenters. The van der Waals surface area contributed by atoms with Gasteiger partial charge in [-0.25, -0.2) is 0 Å². The molecule has 0 spiro atoms. The number of methoxy groups -OCH3 is 1. The van der Waals surface area contributed by atoms with Gasteiger partial charge in [0, 0.05) is 73.5 Å². The van der Waals surface area contributed by atoms with Crippen LogP contribution in [0.25, 0.3) is 16.3 Å². The quantitative estimate of drug-likeness (QED) is 0.0689. The molecule has 2 aromatic carbocycles. The lowest BCUT2D eigenvalue weighted by atomic mass is 9.42. The highest BCUT2D eigenvalue weighted by Gasteiger charge is 2.78. The third kappa shape index (κ3) is 7.44. The standard InChI is InChI=1S/C56H57ClN6O9S/c1-27-29(3)73-52-43(27)45(31-14-16-34(57)17-15-31)60-37(50-62-61-30(4)63(50)52)25-41(65)58-21-9-22-59-51(67)33-12-10-32(11-13-33)46-35(19-23-70-46)36-24-38-44(28(36)2)56(7)39(26-42(66)69-8)55(6)40(64)18-20-54(5)48(55)47(49(56)71-38)72-53(54)68/h10-20,23,36-39,47-49H,9,21-22,24-26H2,1-8H3,(H,58,65)(H,59,67). The molecule has 0 radical (unpaired) electrons. The number of furan rings is 1. The maximum absolute atomic E-state index is 14.2. The number of hydrogen-bond donors (Lipinski definition) is 2. The van der Waals surface area contributed by atoms with Gasteiger partial charge in [0.05, 0.1) is 43.4 Å². The van der Waals surface area contributed by atoms with Gasteiger partial charge in [0.2, 0.25) is 5.91 Å². The summed E-state index contributed by atoms with van der Waals surface area (Å²) in [6, 6.07) is 16.2. The van der Waals surface area contributed by atoms with Crippen LogP contribution in [-0.2, 0) is 33.4 Å². The molecular formula is C56H57ClN6O9S. The number of benzene rings is 2. The summed E-state index contributed by atoms with van der Waals surface area (Å²) in [4.78, 5) is 74.3. The van der Waals surface area contributed by atoms with Gasteiger partial charge in [-0.2, -0.15) is 0 Å². The summed E-state index contributed by atoms with van der Waals surface area (Å²) in [6.45, 7) is 14.6. The minimum Gasteiger partial charge on any atom is -0.469 e. The lowest BCUT2D eigenvalue weighted by molar-refractivity contribution is -0.190. The van der Waals surface area contributed by atoms with E-state index < -0.39 is 52.3 Å². The van der Waals surface area contributed by atoms with Crippen LogP contribution in [0.5, 0.6) is 0 Å². The van der Waals surface area contributed by atoms with Crippen LogP contribution in [-0.4, -0.2) is 88.5 Å². The first kappa shape index (κ1) is 48.8. The first-order valence-corrected chi connectivity index (χ1v) is 26.1. The zero-order chi connectivity index (χ0) is 51.5. The van der Waals surface area contributed by atoms with E-state index in [-0.39, 0.29) is 48.4 Å². The largest absolute Gasteiger partial charge is 0.469 e. The number of fused-ring (bicyclic) bond motifs is 7. The molecule has 15 nitrogen and oxygen atoms in total. The Morgan fingerprint density at radius 2 is 1.64 bits per heavy atom. The number of ether oxygens (including phenoxy) is 3. The number of esters is 2. The number of carbonyl (C=O) groups is 5. The molecule has 1 saturated carbocycles. The molecule has 2 amide bonds. The number of rotatable bonds is 12. The van der Waals surface area contributed by atoms with E-state index in [4.69, 9.17) is 35.2 Å². The fourth-order valence-electron chi connectivity index (χ4n) is 13.5. The number of nitrogens with zero attached hydrogens (tertiary/aromatic N) is 4. The zero-order valence-corrected chi connectivity index (χ0v) is 43.5. The van der Waals surface area contributed by atoms with Crippen molar-refractivity contribution in [2.75, 3.05) is 20.2 Å². The SMILES string of the molecule is COC(=O)CC1C2(C)C3=C(C)C(c4ccoc4-c4ccc(C(=O)NCCCNC(=O)CC5N=C(c6ccc(Cl)cc6)c6c(sc(C)c6C)-n6c(C)nnc65)cc4)CC3OC2C2OC(=O)C3(C)C=CC(=O)C1(C)C23. The monoisotopic (exact) mass is 1020 g/mol. The topological polar surface area (TPSA) is 193 Å². The molecule has 0 bridgehead atoms. The summed E-state index contributed by atoms with van der Waals surface area (Å²) in [5.74, 6) is -0.578. The molecule has 3 aliphatic carbocycles. The Morgan fingerprint density at radius 1 is 0.918 bits per heavy atom. The average molecular weight is 1030 g/mol. The second-order valence-electron chi connectivity index (χ2n) is 21.0. The van der Waals surface area contributed by atoms with E-state index in [1.165, 1.54) is 13.2 Å². The van der Waals surface area contributed by atoms with Crippen LogP contribution >= 0.6 is 22.9 Å². The predicted molar refractivity (Wildman–Crippen MR) is 273 cm³/mol. The Labute approximate surface area is 431 Å². The van der Waals surface area contributed by atoms with Crippen molar-refractivity contribution in [2.45, 2.75) is 104 Å². The molecule has 11 rings (SSSR count). The Kier molecular flexibility index (Phi) is 11.9. The van der Waals surface area contributed by atoms with Crippen LogP contribution in [0.4, 0.5) is 0 Å². The summed E-state index contributed by atoms with van der Waals surface area (Å²) >= 11 is 7.92. The number of thiophene rings is 1. The van der Waals surface area contributed by atoms with E-state index in [0.29, 0.717) is 53.9 Å². The molecule has 6 heterocycles. The maximum atomic E-state index is 14.2. The van der Waals surface area contributed by atoms with Crippen LogP contribution in [0.1, 0.15) is 114 Å². The van der Waals surface area contributed by atoms with Gasteiger partial charge in [-0.05, 0) is 101 Å². The summed E-state index contributed by atoms with van der Waals surface area (Å²) in [6.07, 6.45) is 4.38. The summed E-state index contributed by atoms with van der Waals surface area (Å²) in [5, 5.41) is 16.5. The molecule has 17 heteroatoms. The van der Waals surface area contributed by atoms with Crippen LogP contribution < -0.4 is 10.6 Å². The third-order valence-electron chi connectivity index (χ3n) is 17.1. The number of halogens is 1. The average Bonchev–Trinajstić information content (AvgIpc) is 4.22. The number of aryl methyl sites for hydroxylation is 2. The molecule has 3 aromatic heterocycles. The van der Waals surface area contributed by atoms with Crippen molar-refractivity contribution in [3.05, 3.63) is 134 Å². The summed E-state index contributed by atoms with van der Waals surface area (Å²) < 4.78 is 26.6. The number of aromatic nitrogens is 3. The molecule has 2 saturated heterocycles. The number of ketones is 1. The minimum absolute atomic E-state index is 0.0228. The lowest BCUT2D eigenvalue weighted by Crippen LogP contribution is -2.66. The van der Waals surface area contributed by atoms with Crippen LogP contribution in [0.2, 0.25) is 5.02 Å². The molecular weight excluding hydrogens is 968 g/mol. The van der Waals surface area contributed by atoms with Crippen molar-refractivity contribution in [3.63, 3.8) is 0 Å². The summed E-state index contributed by atoms with van der Waals surface area (Å²) in [5.41, 5.74) is 5.10. The molecule has 3 fully saturated rings. The van der Waals surface area contributed by atoms with Gasteiger partial charge >= 0.3 is 11.9 Å². The van der Waals surface area contributed by atoms with Gasteiger partial charge in [-0.1, -0.05) is 61.4 Å². The first-order chi connectivity index (χ1) is 34.9. The summed E-state index contributed by atoms with van der Waals surface area (Å²) in [7, 11) is 1.35. The highest BCUT2D eigenvalue weighted by atomic mass is 35.5. The van der Waals surface area contributed by atoms with Crippen LogP contribution in [0, 0.1) is 48.9 Å². The van der Waals surface area contributed by atoms with Crippen LogP contribution in [0.15, 0.2) is 93.6 Å². The highest BCUT2D eigenvalue weighted by Crippen LogP contribution is 2.72. The Bertz CT molecular complexity index is 3240. The second-order valence-corrected chi connectivity index (χ2v) is 22.6. The number of nitrogens with one attached hydrogen (secondary N) is 2. The number of carbonyl (C=O) groups excluding carboxylic acids is 5. The minimum atomic E-state index is -1.11. The highest BCUT2D eigenvalue weighted by molar-refractivity contribution is 7.15. The predicted octanol–water partition coefficient (Wildman–Crippen LogP) is 8.85. The molecule has 10 unspecified atom stereocenters. The molecule has 3 aliphatic heterocycles. The van der Waals surface area contributed by atoms with E-state index in [9.17, 15) is 24.0 Å². The normalized spacial score (nSPS) is 29.4. The maximum Gasteiger partial charge on any atom is 0.316 e. The van der Waals surface area contributed by atoms with Gasteiger partial charge in [0.15, 0.2) is 11.6 Å². The Hall–Kier alpha value is -6.49. The van der Waals surface area contributed by atoms with Gasteiger partial charge < -0.3 is 29.3 Å². The van der Waals surface area contributed by atoms with Gasteiger partial charge in [0.25, 0.3) is 5.91 Å². The lowest BCUT2D eigenvalue weighted by Gasteiger charge is -2.59. The fourth-order valence-corrected chi connectivity index (χ4v) is 14.8. The Balaban J connectivity index is 0.748. The fraction of sp³-hybridized carbons (Fsp3) is 0.429. The van der Waals surface area contributed by atoms with E-state index in [2.05, 4.69) is 48.5 Å². The van der Waals surface area contributed by atoms with Crippen molar-refractivity contribution >= 4 is 58.2 Å². The third-order valence-corrected chi connectivity index (χ3v) is 18.6. The number of allylic oxidation sites excluding steroid dienone is 2. The molecule has 378 valence electrons. The molecule has 5 aromatic rings. The van der Waals surface area contributed by atoms with E-state index in [0.717, 1.165) is 54.6 Å². The van der Waals surface area contributed by atoms with Gasteiger partial charge in [0.1, 0.15) is 34.8 Å². The van der Waals surface area contributed by atoms with Crippen molar-refractivity contribution in [1.29, 1.82) is 0 Å². The van der Waals surface area contributed by atoms with Crippen molar-refractivity contribution in [2.24, 2.45) is 33.1 Å². The van der Waals surface area contributed by atoms with Gasteiger partial charge in [-0.15, -0.1) is 21.5 Å². The van der Waals surface area contributed by atoms with E-state index >= 15 is 0 Å². The number of amides is 2. The van der Waals surface area contributed by atoms with E-state index in [1.807, 2.05) is 67.8 Å². The second kappa shape index (κ2) is 17.9. The van der Waals surface area contributed by atoms with E-state index in [1.54, 1.807) is 35.8 Å². The zero-order valence-electron chi connectivity index (χ0n) is 42.0. The number of hydrogen-bond acceptors (Lipinski definition) is 13. The molecule has 2 N–H and O–H groups in total. The van der Waals surface area contributed by atoms with Crippen molar-refractivity contribution in [3.8, 4) is 16.3 Å². The molecule has 73 heavy (non-hydrogen) atoms. The van der Waals surface area contributed by atoms with Gasteiger partial charge in [-0.3, -0.25) is 33.5 Å². The molecule has 6 aliphatic rings. The smallest absolute Gasteiger partial charge is 0.316 e. The van der Waals surface area contributed by atoms with Crippen LogP contribution in [0.3, 0.4) is 0 Å².